The maximum absolute atomic E-state index is 6.38. The minimum atomic E-state index is 0.684. The van der Waals surface area contributed by atoms with Crippen molar-refractivity contribution in [2.45, 2.75) is 53.8 Å². The van der Waals surface area contributed by atoms with Gasteiger partial charge in [-0.3, -0.25) is 4.68 Å². The highest BCUT2D eigenvalue weighted by molar-refractivity contribution is 6.31. The highest BCUT2D eigenvalue weighted by atomic mass is 35.5. The Kier molecular flexibility index (Phi) is 4.83. The van der Waals surface area contributed by atoms with Gasteiger partial charge in [-0.15, -0.1) is 0 Å². The second-order valence-electron chi connectivity index (χ2n) is 4.78. The summed E-state index contributed by atoms with van der Waals surface area (Å²) in [4.78, 5) is 0. The van der Waals surface area contributed by atoms with Crippen molar-refractivity contribution < 1.29 is 4.52 Å². The van der Waals surface area contributed by atoms with Crippen LogP contribution in [0.5, 0.6) is 0 Å². The van der Waals surface area contributed by atoms with E-state index in [1.807, 2.05) is 18.5 Å². The second kappa shape index (κ2) is 6.41. The molecule has 0 spiro atoms. The number of halogens is 1. The van der Waals surface area contributed by atoms with Crippen LogP contribution in [0, 0.1) is 13.8 Å². The molecule has 110 valence electrons. The molecule has 0 bridgehead atoms. The SMILES string of the molecule is CCc1nn(CC)c(CNCc2c(C)noc2C)c1Cl. The molecule has 6 heteroatoms. The van der Waals surface area contributed by atoms with Crippen molar-refractivity contribution in [3.05, 3.63) is 33.4 Å². The Balaban J connectivity index is 2.06. The van der Waals surface area contributed by atoms with Gasteiger partial charge in [0.1, 0.15) is 5.76 Å². The Bertz CT molecular complexity index is 569. The lowest BCUT2D eigenvalue weighted by Crippen LogP contribution is -2.17. The second-order valence-corrected chi connectivity index (χ2v) is 5.16. The van der Waals surface area contributed by atoms with E-state index in [0.717, 1.165) is 46.4 Å². The Hall–Kier alpha value is -1.33. The van der Waals surface area contributed by atoms with Gasteiger partial charge in [0.25, 0.3) is 0 Å². The predicted octanol–water partition coefficient (Wildman–Crippen LogP) is 3.01. The first-order chi connectivity index (χ1) is 9.58. The quantitative estimate of drug-likeness (QED) is 0.890. The molecule has 0 fully saturated rings. The zero-order valence-electron chi connectivity index (χ0n) is 12.5. The number of rotatable bonds is 6. The average molecular weight is 297 g/mol. The first-order valence-electron chi connectivity index (χ1n) is 6.94. The molecule has 0 aliphatic heterocycles. The van der Waals surface area contributed by atoms with E-state index in [1.54, 1.807) is 0 Å². The Morgan fingerprint density at radius 2 is 2.00 bits per heavy atom. The fourth-order valence-corrected chi connectivity index (χ4v) is 2.58. The number of aryl methyl sites for hydroxylation is 4. The average Bonchev–Trinajstić information content (AvgIpc) is 2.92. The molecule has 5 nitrogen and oxygen atoms in total. The molecule has 0 amide bonds. The van der Waals surface area contributed by atoms with Crippen LogP contribution in [0.15, 0.2) is 4.52 Å². The topological polar surface area (TPSA) is 55.9 Å². The van der Waals surface area contributed by atoms with E-state index in [4.69, 9.17) is 16.1 Å². The maximum Gasteiger partial charge on any atom is 0.138 e. The van der Waals surface area contributed by atoms with E-state index < -0.39 is 0 Å². The van der Waals surface area contributed by atoms with Crippen LogP contribution in [0.25, 0.3) is 0 Å². The monoisotopic (exact) mass is 296 g/mol. The molecule has 0 atom stereocenters. The zero-order valence-corrected chi connectivity index (χ0v) is 13.2. The van der Waals surface area contributed by atoms with Gasteiger partial charge >= 0.3 is 0 Å². The number of hydrogen-bond acceptors (Lipinski definition) is 4. The van der Waals surface area contributed by atoms with Crippen LogP contribution >= 0.6 is 11.6 Å². The highest BCUT2D eigenvalue weighted by Gasteiger charge is 2.14. The molecule has 0 unspecified atom stereocenters. The maximum atomic E-state index is 6.38. The van der Waals surface area contributed by atoms with Crippen LogP contribution in [-0.2, 0) is 26.1 Å². The lowest BCUT2D eigenvalue weighted by atomic mass is 10.2. The van der Waals surface area contributed by atoms with E-state index in [9.17, 15) is 0 Å². The molecule has 0 saturated carbocycles. The minimum absolute atomic E-state index is 0.684. The summed E-state index contributed by atoms with van der Waals surface area (Å²) in [6.07, 6.45) is 0.850. The molecular weight excluding hydrogens is 276 g/mol. The van der Waals surface area contributed by atoms with Crippen LogP contribution in [0.4, 0.5) is 0 Å². The minimum Gasteiger partial charge on any atom is -0.361 e. The molecule has 0 saturated heterocycles. The van der Waals surface area contributed by atoms with E-state index in [0.29, 0.717) is 13.1 Å². The van der Waals surface area contributed by atoms with Crippen molar-refractivity contribution in [3.8, 4) is 0 Å². The van der Waals surface area contributed by atoms with Crippen LogP contribution in [0.1, 0.15) is 42.3 Å². The van der Waals surface area contributed by atoms with Gasteiger partial charge in [-0.05, 0) is 27.2 Å². The van der Waals surface area contributed by atoms with E-state index in [1.165, 1.54) is 0 Å². The lowest BCUT2D eigenvalue weighted by Gasteiger charge is -2.07. The Morgan fingerprint density at radius 1 is 1.25 bits per heavy atom. The van der Waals surface area contributed by atoms with Gasteiger partial charge in [0.15, 0.2) is 0 Å². The molecule has 2 rings (SSSR count). The van der Waals surface area contributed by atoms with Crippen molar-refractivity contribution in [1.29, 1.82) is 0 Å². The Morgan fingerprint density at radius 3 is 2.55 bits per heavy atom. The lowest BCUT2D eigenvalue weighted by molar-refractivity contribution is 0.391. The summed E-state index contributed by atoms with van der Waals surface area (Å²) in [5.74, 6) is 0.861. The first kappa shape index (κ1) is 15.1. The molecule has 0 aromatic carbocycles. The summed E-state index contributed by atoms with van der Waals surface area (Å²) in [5, 5.41) is 12.6. The van der Waals surface area contributed by atoms with Crippen LogP contribution in [0.2, 0.25) is 5.02 Å². The molecule has 2 aromatic rings. The summed E-state index contributed by atoms with van der Waals surface area (Å²) in [6.45, 7) is 10.2. The number of nitrogens with one attached hydrogen (secondary N) is 1. The van der Waals surface area contributed by atoms with E-state index in [-0.39, 0.29) is 0 Å². The molecule has 0 radical (unpaired) electrons. The molecule has 0 aliphatic rings. The molecule has 1 N–H and O–H groups in total. The molecular formula is C14H21ClN4O. The summed E-state index contributed by atoms with van der Waals surface area (Å²) in [6, 6.07) is 0. The van der Waals surface area contributed by atoms with Gasteiger partial charge in [-0.1, -0.05) is 23.7 Å². The van der Waals surface area contributed by atoms with E-state index >= 15 is 0 Å². The van der Waals surface area contributed by atoms with Crippen LogP contribution in [0.3, 0.4) is 0 Å². The number of aromatic nitrogens is 3. The van der Waals surface area contributed by atoms with Gasteiger partial charge in [0.05, 0.1) is 22.1 Å². The Labute approximate surface area is 124 Å². The van der Waals surface area contributed by atoms with Gasteiger partial charge in [-0.2, -0.15) is 5.10 Å². The van der Waals surface area contributed by atoms with Crippen molar-refractivity contribution >= 4 is 11.6 Å². The van der Waals surface area contributed by atoms with Crippen LogP contribution in [-0.4, -0.2) is 14.9 Å². The van der Waals surface area contributed by atoms with E-state index in [2.05, 4.69) is 29.4 Å². The summed E-state index contributed by atoms with van der Waals surface area (Å²) in [7, 11) is 0. The molecule has 2 heterocycles. The third-order valence-electron chi connectivity index (χ3n) is 3.47. The first-order valence-corrected chi connectivity index (χ1v) is 7.32. The summed E-state index contributed by atoms with van der Waals surface area (Å²) in [5.41, 5.74) is 4.04. The van der Waals surface area contributed by atoms with Gasteiger partial charge in [-0.25, -0.2) is 0 Å². The molecule has 0 aliphatic carbocycles. The zero-order chi connectivity index (χ0) is 14.7. The van der Waals surface area contributed by atoms with Gasteiger partial charge < -0.3 is 9.84 Å². The van der Waals surface area contributed by atoms with Crippen molar-refractivity contribution in [3.63, 3.8) is 0 Å². The van der Waals surface area contributed by atoms with Crippen molar-refractivity contribution in [1.82, 2.24) is 20.3 Å². The van der Waals surface area contributed by atoms with Gasteiger partial charge in [0.2, 0.25) is 0 Å². The smallest absolute Gasteiger partial charge is 0.138 e. The molecule has 20 heavy (non-hydrogen) atoms. The normalized spacial score (nSPS) is 11.2. The largest absolute Gasteiger partial charge is 0.361 e. The molecule has 2 aromatic heterocycles. The number of hydrogen-bond donors (Lipinski definition) is 1. The third kappa shape index (κ3) is 2.88. The summed E-state index contributed by atoms with van der Waals surface area (Å²) < 4.78 is 7.11. The fourth-order valence-electron chi connectivity index (χ4n) is 2.25. The van der Waals surface area contributed by atoms with Crippen molar-refractivity contribution in [2.75, 3.05) is 0 Å². The summed E-state index contributed by atoms with van der Waals surface area (Å²) >= 11 is 6.38. The van der Waals surface area contributed by atoms with Gasteiger partial charge in [0, 0.05) is 25.2 Å². The fraction of sp³-hybridized carbons (Fsp3) is 0.571. The third-order valence-corrected chi connectivity index (χ3v) is 3.91. The highest BCUT2D eigenvalue weighted by Crippen LogP contribution is 2.21. The number of nitrogens with zero attached hydrogens (tertiary/aromatic N) is 3. The predicted molar refractivity (Wildman–Crippen MR) is 78.8 cm³/mol. The van der Waals surface area contributed by atoms with Crippen molar-refractivity contribution in [2.24, 2.45) is 0 Å². The van der Waals surface area contributed by atoms with Crippen LogP contribution < -0.4 is 5.32 Å². The standard InChI is InChI=1S/C14H21ClN4O/c1-5-12-14(15)13(19(6-2)17-12)8-16-7-11-9(3)18-20-10(11)4/h16H,5-8H2,1-4H3.